The Labute approximate surface area is 88.9 Å². The van der Waals surface area contributed by atoms with Crippen molar-refractivity contribution in [1.82, 2.24) is 5.32 Å². The van der Waals surface area contributed by atoms with Crippen molar-refractivity contribution >= 4 is 11.6 Å². The Hall–Kier alpha value is -1.55. The molecular weight excluding hydrogens is 190 g/mol. The van der Waals surface area contributed by atoms with Crippen LogP contribution >= 0.6 is 0 Å². The molecule has 80 valence electrons. The summed E-state index contributed by atoms with van der Waals surface area (Å²) >= 11 is 0. The van der Waals surface area contributed by atoms with Gasteiger partial charge in [-0.05, 0) is 17.2 Å². The van der Waals surface area contributed by atoms with Crippen LogP contribution in [0.2, 0.25) is 0 Å². The van der Waals surface area contributed by atoms with E-state index < -0.39 is 0 Å². The van der Waals surface area contributed by atoms with Crippen LogP contribution in [0.4, 0.5) is 5.69 Å². The van der Waals surface area contributed by atoms with Gasteiger partial charge in [-0.3, -0.25) is 4.79 Å². The van der Waals surface area contributed by atoms with E-state index in [9.17, 15) is 4.79 Å². The molecule has 0 bridgehead atoms. The molecule has 0 aliphatic carbocycles. The molecule has 2 rings (SSSR count). The first-order valence-electron chi connectivity index (χ1n) is 5.12. The minimum Gasteiger partial charge on any atom is -0.384 e. The third-order valence-corrected chi connectivity index (χ3v) is 2.55. The minimum atomic E-state index is 0.0892. The Balaban J connectivity index is 2.27. The molecule has 0 aromatic heterocycles. The Kier molecular flexibility index (Phi) is 2.87. The summed E-state index contributed by atoms with van der Waals surface area (Å²) in [5.41, 5.74) is 8.85. The largest absolute Gasteiger partial charge is 0.384 e. The highest BCUT2D eigenvalue weighted by Crippen LogP contribution is 2.18. The lowest BCUT2D eigenvalue weighted by molar-refractivity contribution is -0.121. The van der Waals surface area contributed by atoms with Crippen molar-refractivity contribution in [1.29, 1.82) is 0 Å². The first-order valence-corrected chi connectivity index (χ1v) is 5.12. The van der Waals surface area contributed by atoms with Gasteiger partial charge < -0.3 is 16.4 Å². The van der Waals surface area contributed by atoms with E-state index in [1.54, 1.807) is 0 Å². The molecule has 0 radical (unpaired) electrons. The number of fused-ring (bicyclic) bond motifs is 1. The van der Waals surface area contributed by atoms with Crippen LogP contribution in [0.3, 0.4) is 0 Å². The number of rotatable bonds is 1. The van der Waals surface area contributed by atoms with Crippen molar-refractivity contribution in [2.75, 3.05) is 11.9 Å². The second kappa shape index (κ2) is 4.31. The van der Waals surface area contributed by atoms with Gasteiger partial charge in [0.2, 0.25) is 5.91 Å². The molecule has 1 heterocycles. The smallest absolute Gasteiger partial charge is 0.222 e. The second-order valence-electron chi connectivity index (χ2n) is 3.65. The SMILES string of the molecule is NCc1ccc2c(c1)CNC(=O)CCN2. The average molecular weight is 205 g/mol. The van der Waals surface area contributed by atoms with E-state index in [4.69, 9.17) is 5.73 Å². The van der Waals surface area contributed by atoms with Gasteiger partial charge in [-0.25, -0.2) is 0 Å². The van der Waals surface area contributed by atoms with Crippen LogP contribution in [0.1, 0.15) is 17.5 Å². The van der Waals surface area contributed by atoms with Gasteiger partial charge >= 0.3 is 0 Å². The number of carbonyl (C=O) groups excluding carboxylic acids is 1. The molecular formula is C11H15N3O. The zero-order valence-electron chi connectivity index (χ0n) is 8.55. The molecule has 0 fully saturated rings. The predicted octanol–water partition coefficient (Wildman–Crippen LogP) is 0.577. The van der Waals surface area contributed by atoms with E-state index in [1.165, 1.54) is 0 Å². The Bertz CT molecular complexity index is 376. The summed E-state index contributed by atoms with van der Waals surface area (Å²) in [5.74, 6) is 0.0892. The maximum Gasteiger partial charge on any atom is 0.222 e. The van der Waals surface area contributed by atoms with Gasteiger partial charge in [0.05, 0.1) is 0 Å². The number of hydrogen-bond acceptors (Lipinski definition) is 3. The van der Waals surface area contributed by atoms with Gasteiger partial charge in [-0.2, -0.15) is 0 Å². The molecule has 0 saturated heterocycles. The molecule has 1 aliphatic rings. The van der Waals surface area contributed by atoms with Gasteiger partial charge in [0, 0.05) is 31.7 Å². The second-order valence-corrected chi connectivity index (χ2v) is 3.65. The molecule has 1 aliphatic heterocycles. The minimum absolute atomic E-state index is 0.0892. The molecule has 1 aromatic carbocycles. The number of anilines is 1. The number of carbonyl (C=O) groups is 1. The van der Waals surface area contributed by atoms with Gasteiger partial charge in [-0.15, -0.1) is 0 Å². The van der Waals surface area contributed by atoms with E-state index in [0.717, 1.165) is 16.8 Å². The van der Waals surface area contributed by atoms with Crippen LogP contribution < -0.4 is 16.4 Å². The van der Waals surface area contributed by atoms with Crippen molar-refractivity contribution in [3.05, 3.63) is 29.3 Å². The fraction of sp³-hybridized carbons (Fsp3) is 0.364. The van der Waals surface area contributed by atoms with Crippen molar-refractivity contribution in [2.24, 2.45) is 5.73 Å². The number of nitrogens with one attached hydrogen (secondary N) is 2. The molecule has 1 aromatic rings. The number of amides is 1. The molecule has 15 heavy (non-hydrogen) atoms. The molecule has 0 atom stereocenters. The van der Waals surface area contributed by atoms with Crippen LogP contribution in [-0.2, 0) is 17.9 Å². The lowest BCUT2D eigenvalue weighted by Gasteiger charge is -2.17. The summed E-state index contributed by atoms with van der Waals surface area (Å²) in [7, 11) is 0. The summed E-state index contributed by atoms with van der Waals surface area (Å²) in [6, 6.07) is 6.07. The molecule has 0 spiro atoms. The van der Waals surface area contributed by atoms with Crippen molar-refractivity contribution in [2.45, 2.75) is 19.5 Å². The summed E-state index contributed by atoms with van der Waals surface area (Å²) in [6.07, 6.45) is 0.526. The number of hydrogen-bond donors (Lipinski definition) is 3. The van der Waals surface area contributed by atoms with E-state index in [1.807, 2.05) is 18.2 Å². The Morgan fingerprint density at radius 3 is 3.00 bits per heavy atom. The zero-order chi connectivity index (χ0) is 10.7. The summed E-state index contributed by atoms with van der Waals surface area (Å²) in [4.78, 5) is 11.2. The van der Waals surface area contributed by atoms with E-state index in [0.29, 0.717) is 26.1 Å². The molecule has 1 amide bonds. The van der Waals surface area contributed by atoms with Gasteiger partial charge in [-0.1, -0.05) is 12.1 Å². The molecule has 4 N–H and O–H groups in total. The molecule has 4 heteroatoms. The van der Waals surface area contributed by atoms with Crippen LogP contribution in [-0.4, -0.2) is 12.5 Å². The summed E-state index contributed by atoms with van der Waals surface area (Å²) in [6.45, 7) is 1.79. The monoisotopic (exact) mass is 205 g/mol. The van der Waals surface area contributed by atoms with Crippen molar-refractivity contribution < 1.29 is 4.79 Å². The molecule has 4 nitrogen and oxygen atoms in total. The van der Waals surface area contributed by atoms with Crippen LogP contribution in [0.25, 0.3) is 0 Å². The third kappa shape index (κ3) is 2.27. The van der Waals surface area contributed by atoms with Crippen LogP contribution in [0.15, 0.2) is 18.2 Å². The van der Waals surface area contributed by atoms with Gasteiger partial charge in [0.1, 0.15) is 0 Å². The lowest BCUT2D eigenvalue weighted by Crippen LogP contribution is -2.28. The fourth-order valence-electron chi connectivity index (χ4n) is 1.69. The van der Waals surface area contributed by atoms with Gasteiger partial charge in [0.15, 0.2) is 0 Å². The van der Waals surface area contributed by atoms with E-state index in [2.05, 4.69) is 10.6 Å². The average Bonchev–Trinajstić information content (AvgIpc) is 2.24. The Morgan fingerprint density at radius 1 is 1.33 bits per heavy atom. The van der Waals surface area contributed by atoms with Gasteiger partial charge in [0.25, 0.3) is 0 Å². The van der Waals surface area contributed by atoms with Crippen LogP contribution in [0, 0.1) is 0 Å². The molecule has 0 unspecified atom stereocenters. The normalized spacial score (nSPS) is 15.7. The highest BCUT2D eigenvalue weighted by Gasteiger charge is 2.09. The number of nitrogens with two attached hydrogens (primary N) is 1. The van der Waals surface area contributed by atoms with Crippen molar-refractivity contribution in [3.8, 4) is 0 Å². The zero-order valence-corrected chi connectivity index (χ0v) is 8.55. The highest BCUT2D eigenvalue weighted by molar-refractivity contribution is 5.77. The summed E-state index contributed by atoms with van der Waals surface area (Å²) in [5, 5.41) is 6.12. The summed E-state index contributed by atoms with van der Waals surface area (Å²) < 4.78 is 0. The first-order chi connectivity index (χ1) is 7.29. The maximum atomic E-state index is 11.2. The van der Waals surface area contributed by atoms with Crippen LogP contribution in [0.5, 0.6) is 0 Å². The van der Waals surface area contributed by atoms with E-state index >= 15 is 0 Å². The van der Waals surface area contributed by atoms with Crippen molar-refractivity contribution in [3.63, 3.8) is 0 Å². The van der Waals surface area contributed by atoms with E-state index in [-0.39, 0.29) is 5.91 Å². The topological polar surface area (TPSA) is 67.1 Å². The lowest BCUT2D eigenvalue weighted by atomic mass is 10.1. The number of benzene rings is 1. The predicted molar refractivity (Wildman–Crippen MR) is 59.3 cm³/mol. The first kappa shape index (κ1) is 9.98. The fourth-order valence-corrected chi connectivity index (χ4v) is 1.69. The Morgan fingerprint density at radius 2 is 2.20 bits per heavy atom. The third-order valence-electron chi connectivity index (χ3n) is 2.55. The standard InChI is InChI=1S/C11H15N3O/c12-6-8-1-2-10-9(5-8)7-14-11(15)3-4-13-10/h1-2,5,13H,3-4,6-7,12H2,(H,14,15). The maximum absolute atomic E-state index is 11.2. The quantitative estimate of drug-likeness (QED) is 0.628. The molecule has 0 saturated carbocycles. The highest BCUT2D eigenvalue weighted by atomic mass is 16.1.